The fraction of sp³-hybridized carbons (Fsp3) is 0.278. The van der Waals surface area contributed by atoms with Crippen LogP contribution in [0.5, 0.6) is 0 Å². The van der Waals surface area contributed by atoms with Crippen molar-refractivity contribution in [3.63, 3.8) is 0 Å². The van der Waals surface area contributed by atoms with Crippen molar-refractivity contribution in [2.24, 2.45) is 0 Å². The van der Waals surface area contributed by atoms with Crippen LogP contribution < -0.4 is 5.32 Å². The van der Waals surface area contributed by atoms with Gasteiger partial charge in [0, 0.05) is 17.0 Å². The summed E-state index contributed by atoms with van der Waals surface area (Å²) in [6.45, 7) is 4.61. The van der Waals surface area contributed by atoms with E-state index in [9.17, 15) is 9.18 Å². The molecule has 0 aliphatic carbocycles. The first kappa shape index (κ1) is 16.5. The zero-order chi connectivity index (χ0) is 16.2. The molecule has 0 heterocycles. The van der Waals surface area contributed by atoms with Crippen molar-refractivity contribution in [2.45, 2.75) is 25.7 Å². The molecule has 0 saturated carbocycles. The fourth-order valence-corrected chi connectivity index (χ4v) is 2.37. The van der Waals surface area contributed by atoms with Gasteiger partial charge in [0.15, 0.2) is 0 Å². The van der Waals surface area contributed by atoms with Crippen LogP contribution in [0.25, 0.3) is 0 Å². The minimum atomic E-state index is -0.300. The largest absolute Gasteiger partial charge is 0.355 e. The second kappa shape index (κ2) is 6.93. The van der Waals surface area contributed by atoms with Gasteiger partial charge in [-0.15, -0.1) is 0 Å². The molecule has 2 aromatic carbocycles. The van der Waals surface area contributed by atoms with Gasteiger partial charge in [-0.3, -0.25) is 4.79 Å². The highest BCUT2D eigenvalue weighted by Gasteiger charge is 2.21. The molecule has 1 N–H and O–H groups in total. The molecular formula is C18H19ClFNO. The molecular weight excluding hydrogens is 301 g/mol. The first-order chi connectivity index (χ1) is 10.4. The molecule has 2 aromatic rings. The normalized spacial score (nSPS) is 11.3. The Morgan fingerprint density at radius 3 is 2.50 bits per heavy atom. The summed E-state index contributed by atoms with van der Waals surface area (Å²) in [6, 6.07) is 13.6. The Morgan fingerprint density at radius 2 is 1.86 bits per heavy atom. The molecule has 1 amide bonds. The zero-order valence-corrected chi connectivity index (χ0v) is 13.5. The Bertz CT molecular complexity index is 652. The molecule has 4 heteroatoms. The highest BCUT2D eigenvalue weighted by Crippen LogP contribution is 2.24. The predicted molar refractivity (Wildman–Crippen MR) is 87.6 cm³/mol. The minimum Gasteiger partial charge on any atom is -0.355 e. The Kier molecular flexibility index (Phi) is 5.19. The lowest BCUT2D eigenvalue weighted by atomic mass is 9.84. The van der Waals surface area contributed by atoms with Crippen molar-refractivity contribution in [3.8, 4) is 0 Å². The van der Waals surface area contributed by atoms with Crippen LogP contribution in [0.4, 0.5) is 4.39 Å². The van der Waals surface area contributed by atoms with Crippen molar-refractivity contribution < 1.29 is 9.18 Å². The maximum Gasteiger partial charge on any atom is 0.224 e. The first-order valence-corrected chi connectivity index (χ1v) is 7.52. The van der Waals surface area contributed by atoms with Crippen LogP contribution in [0.3, 0.4) is 0 Å². The lowest BCUT2D eigenvalue weighted by molar-refractivity contribution is -0.120. The molecule has 22 heavy (non-hydrogen) atoms. The quantitative estimate of drug-likeness (QED) is 0.882. The Labute approximate surface area is 135 Å². The van der Waals surface area contributed by atoms with Gasteiger partial charge in [0.05, 0.1) is 6.42 Å². The fourth-order valence-electron chi connectivity index (χ4n) is 2.18. The average Bonchev–Trinajstić information content (AvgIpc) is 2.48. The molecule has 116 valence electrons. The van der Waals surface area contributed by atoms with Crippen molar-refractivity contribution in [2.75, 3.05) is 6.54 Å². The van der Waals surface area contributed by atoms with Crippen LogP contribution in [0, 0.1) is 5.82 Å². The highest BCUT2D eigenvalue weighted by molar-refractivity contribution is 6.30. The third-order valence-electron chi connectivity index (χ3n) is 3.61. The maximum atomic E-state index is 12.8. The summed E-state index contributed by atoms with van der Waals surface area (Å²) in [6.07, 6.45) is 0.242. The zero-order valence-electron chi connectivity index (χ0n) is 12.7. The van der Waals surface area contributed by atoms with E-state index in [0.717, 1.165) is 11.1 Å². The number of amides is 1. The number of hydrogen-bond acceptors (Lipinski definition) is 1. The van der Waals surface area contributed by atoms with Gasteiger partial charge in [0.1, 0.15) is 5.82 Å². The van der Waals surface area contributed by atoms with E-state index in [4.69, 9.17) is 11.6 Å². The average molecular weight is 320 g/mol. The van der Waals surface area contributed by atoms with E-state index in [0.29, 0.717) is 11.6 Å². The van der Waals surface area contributed by atoms with Gasteiger partial charge < -0.3 is 5.32 Å². The molecule has 0 fully saturated rings. The third-order valence-corrected chi connectivity index (χ3v) is 3.85. The topological polar surface area (TPSA) is 29.1 Å². The van der Waals surface area contributed by atoms with Crippen LogP contribution >= 0.6 is 11.6 Å². The lowest BCUT2D eigenvalue weighted by Crippen LogP contribution is -2.37. The molecule has 0 saturated heterocycles. The van der Waals surface area contributed by atoms with Crippen molar-refractivity contribution in [1.29, 1.82) is 0 Å². The minimum absolute atomic E-state index is 0.0817. The van der Waals surface area contributed by atoms with E-state index in [-0.39, 0.29) is 23.6 Å². The molecule has 0 atom stereocenters. The number of benzene rings is 2. The van der Waals surface area contributed by atoms with Crippen LogP contribution in [0.1, 0.15) is 25.0 Å². The van der Waals surface area contributed by atoms with Gasteiger partial charge in [-0.2, -0.15) is 0 Å². The molecule has 0 aromatic heterocycles. The molecule has 0 aliphatic heterocycles. The number of hydrogen-bond donors (Lipinski definition) is 1. The van der Waals surface area contributed by atoms with Gasteiger partial charge in [-0.25, -0.2) is 4.39 Å². The summed E-state index contributed by atoms with van der Waals surface area (Å²) in [5.41, 5.74) is 1.64. The summed E-state index contributed by atoms with van der Waals surface area (Å²) in [5.74, 6) is -0.382. The SMILES string of the molecule is CC(C)(CNC(=O)Cc1ccc(F)cc1)c1cccc(Cl)c1. The van der Waals surface area contributed by atoms with Crippen LogP contribution in [-0.2, 0) is 16.6 Å². The maximum absolute atomic E-state index is 12.8. The van der Waals surface area contributed by atoms with Gasteiger partial charge in [-0.05, 0) is 35.4 Å². The number of carbonyl (C=O) groups excluding carboxylic acids is 1. The van der Waals surface area contributed by atoms with Crippen molar-refractivity contribution in [1.82, 2.24) is 5.32 Å². The number of halogens is 2. The molecule has 0 bridgehead atoms. The van der Waals surface area contributed by atoms with Crippen LogP contribution in [0.15, 0.2) is 48.5 Å². The number of nitrogens with one attached hydrogen (secondary N) is 1. The molecule has 0 aliphatic rings. The van der Waals surface area contributed by atoms with E-state index in [1.54, 1.807) is 12.1 Å². The van der Waals surface area contributed by atoms with E-state index in [1.165, 1.54) is 12.1 Å². The van der Waals surface area contributed by atoms with Crippen molar-refractivity contribution >= 4 is 17.5 Å². The lowest BCUT2D eigenvalue weighted by Gasteiger charge is -2.26. The second-order valence-electron chi connectivity index (χ2n) is 5.97. The summed E-state index contributed by atoms with van der Waals surface area (Å²) < 4.78 is 12.8. The number of rotatable bonds is 5. The number of carbonyl (C=O) groups is 1. The Balaban J connectivity index is 1.93. The first-order valence-electron chi connectivity index (χ1n) is 7.14. The smallest absolute Gasteiger partial charge is 0.224 e. The molecule has 2 nitrogen and oxygen atoms in total. The molecule has 0 unspecified atom stereocenters. The van der Waals surface area contributed by atoms with Gasteiger partial charge in [0.2, 0.25) is 5.91 Å². The summed E-state index contributed by atoms with van der Waals surface area (Å²) in [4.78, 5) is 12.0. The second-order valence-corrected chi connectivity index (χ2v) is 6.41. The predicted octanol–water partition coefficient (Wildman–Crippen LogP) is 4.12. The molecule has 0 radical (unpaired) electrons. The van der Waals surface area contributed by atoms with E-state index in [1.807, 2.05) is 24.3 Å². The van der Waals surface area contributed by atoms with E-state index < -0.39 is 0 Å². The van der Waals surface area contributed by atoms with Crippen LogP contribution in [-0.4, -0.2) is 12.5 Å². The van der Waals surface area contributed by atoms with Gasteiger partial charge in [0.25, 0.3) is 0 Å². The summed E-state index contributed by atoms with van der Waals surface area (Å²) in [7, 11) is 0. The Hall–Kier alpha value is -1.87. The molecule has 2 rings (SSSR count). The van der Waals surface area contributed by atoms with E-state index in [2.05, 4.69) is 19.2 Å². The Morgan fingerprint density at radius 1 is 1.18 bits per heavy atom. The standard InChI is InChI=1S/C18H19ClFNO/c1-18(2,14-4-3-5-15(19)11-14)12-21-17(22)10-13-6-8-16(20)9-7-13/h3-9,11H,10,12H2,1-2H3,(H,21,22). The van der Waals surface area contributed by atoms with E-state index >= 15 is 0 Å². The van der Waals surface area contributed by atoms with Gasteiger partial charge >= 0.3 is 0 Å². The van der Waals surface area contributed by atoms with Crippen molar-refractivity contribution in [3.05, 3.63) is 70.5 Å². The van der Waals surface area contributed by atoms with Crippen LogP contribution in [0.2, 0.25) is 5.02 Å². The third kappa shape index (κ3) is 4.57. The highest BCUT2D eigenvalue weighted by atomic mass is 35.5. The monoisotopic (exact) mass is 319 g/mol. The summed E-state index contributed by atoms with van der Waals surface area (Å²) >= 11 is 6.02. The summed E-state index contributed by atoms with van der Waals surface area (Å²) in [5, 5.41) is 3.61. The molecule has 0 spiro atoms. The van der Waals surface area contributed by atoms with Gasteiger partial charge in [-0.1, -0.05) is 49.7 Å².